The van der Waals surface area contributed by atoms with Gasteiger partial charge in [0.25, 0.3) is 0 Å². The summed E-state index contributed by atoms with van der Waals surface area (Å²) in [6.45, 7) is 6.23. The fraction of sp³-hybridized carbons (Fsp3) is 0.278. The molecule has 0 unspecified atom stereocenters. The molecule has 0 fully saturated rings. The van der Waals surface area contributed by atoms with Crippen molar-refractivity contribution >= 4 is 17.6 Å². The predicted molar refractivity (Wildman–Crippen MR) is 87.7 cm³/mol. The van der Waals surface area contributed by atoms with Crippen LogP contribution in [0.4, 0.5) is 0 Å². The zero-order chi connectivity index (χ0) is 16.2. The van der Waals surface area contributed by atoms with Crippen molar-refractivity contribution < 1.29 is 14.3 Å². The Morgan fingerprint density at radius 3 is 2.32 bits per heavy atom. The van der Waals surface area contributed by atoms with Crippen LogP contribution in [0, 0.1) is 0 Å². The first-order chi connectivity index (χ1) is 10.3. The monoisotopic (exact) mass is 318 g/mol. The summed E-state index contributed by atoms with van der Waals surface area (Å²) in [5, 5.41) is 0.559. The number of carbonyl (C=O) groups is 1. The van der Waals surface area contributed by atoms with Crippen LogP contribution in [0.3, 0.4) is 0 Å². The molecule has 3 nitrogen and oxygen atoms in total. The molecule has 2 aromatic rings. The number of carbonyl (C=O) groups excluding carboxylic acids is 1. The number of rotatable bonds is 4. The van der Waals surface area contributed by atoms with E-state index in [0.717, 1.165) is 0 Å². The van der Waals surface area contributed by atoms with Crippen LogP contribution in [-0.2, 0) is 10.2 Å². The van der Waals surface area contributed by atoms with Gasteiger partial charge in [-0.15, -0.1) is 0 Å². The molecule has 0 heterocycles. The van der Waals surface area contributed by atoms with Crippen molar-refractivity contribution in [3.05, 3.63) is 59.1 Å². The van der Waals surface area contributed by atoms with Gasteiger partial charge in [-0.25, -0.2) is 4.79 Å². The second-order valence-electron chi connectivity index (χ2n) is 5.99. The van der Waals surface area contributed by atoms with Gasteiger partial charge >= 0.3 is 5.97 Å². The van der Waals surface area contributed by atoms with Crippen molar-refractivity contribution in [1.29, 1.82) is 0 Å². The Labute approximate surface area is 135 Å². The first kappa shape index (κ1) is 16.4. The van der Waals surface area contributed by atoms with Crippen LogP contribution in [0.1, 0.15) is 26.3 Å². The van der Waals surface area contributed by atoms with Gasteiger partial charge < -0.3 is 9.47 Å². The molecule has 22 heavy (non-hydrogen) atoms. The second kappa shape index (κ2) is 6.84. The van der Waals surface area contributed by atoms with Crippen LogP contribution in [0.2, 0.25) is 5.02 Å². The molecule has 0 aliphatic rings. The SMILES string of the molecule is CC(C)(C)c1ccc(OC(=O)COc2cccc(Cl)c2)cc1. The summed E-state index contributed by atoms with van der Waals surface area (Å²) >= 11 is 5.85. The topological polar surface area (TPSA) is 35.5 Å². The average Bonchev–Trinajstić information content (AvgIpc) is 2.45. The Morgan fingerprint density at radius 1 is 1.05 bits per heavy atom. The third-order valence-corrected chi connectivity index (χ3v) is 3.34. The first-order valence-corrected chi connectivity index (χ1v) is 7.42. The van der Waals surface area contributed by atoms with E-state index in [-0.39, 0.29) is 12.0 Å². The highest BCUT2D eigenvalue weighted by Crippen LogP contribution is 2.24. The van der Waals surface area contributed by atoms with Crippen LogP contribution in [0.15, 0.2) is 48.5 Å². The van der Waals surface area contributed by atoms with E-state index in [9.17, 15) is 4.79 Å². The molecule has 0 saturated heterocycles. The fourth-order valence-corrected chi connectivity index (χ4v) is 2.06. The van der Waals surface area contributed by atoms with Gasteiger partial charge in [0.2, 0.25) is 0 Å². The molecule has 0 aromatic heterocycles. The summed E-state index contributed by atoms with van der Waals surface area (Å²) in [7, 11) is 0. The molecule has 2 aromatic carbocycles. The maximum atomic E-state index is 11.8. The molecule has 0 aliphatic heterocycles. The third-order valence-electron chi connectivity index (χ3n) is 3.10. The fourth-order valence-electron chi connectivity index (χ4n) is 1.88. The lowest BCUT2D eigenvalue weighted by molar-refractivity contribution is -0.136. The third kappa shape index (κ3) is 4.78. The first-order valence-electron chi connectivity index (χ1n) is 7.04. The number of ether oxygens (including phenoxy) is 2. The van der Waals surface area contributed by atoms with Gasteiger partial charge in [-0.1, -0.05) is 50.6 Å². The van der Waals surface area contributed by atoms with E-state index in [1.807, 2.05) is 12.1 Å². The molecular formula is C18H19ClO3. The molecule has 116 valence electrons. The molecular weight excluding hydrogens is 300 g/mol. The van der Waals surface area contributed by atoms with E-state index >= 15 is 0 Å². The van der Waals surface area contributed by atoms with Gasteiger partial charge in [0.1, 0.15) is 11.5 Å². The summed E-state index contributed by atoms with van der Waals surface area (Å²) in [6.07, 6.45) is 0. The van der Waals surface area contributed by atoms with Gasteiger partial charge in [-0.05, 0) is 41.3 Å². The van der Waals surface area contributed by atoms with E-state index < -0.39 is 5.97 Å². The quantitative estimate of drug-likeness (QED) is 0.609. The minimum Gasteiger partial charge on any atom is -0.482 e. The summed E-state index contributed by atoms with van der Waals surface area (Å²) in [5.41, 5.74) is 1.25. The Kier molecular flexibility index (Phi) is 5.09. The van der Waals surface area contributed by atoms with E-state index in [1.165, 1.54) is 5.56 Å². The van der Waals surface area contributed by atoms with Crippen molar-refractivity contribution in [2.24, 2.45) is 0 Å². The van der Waals surface area contributed by atoms with E-state index in [1.54, 1.807) is 36.4 Å². The largest absolute Gasteiger partial charge is 0.482 e. The summed E-state index contributed by atoms with van der Waals surface area (Å²) in [6, 6.07) is 14.4. The zero-order valence-electron chi connectivity index (χ0n) is 12.9. The highest BCUT2D eigenvalue weighted by molar-refractivity contribution is 6.30. The maximum absolute atomic E-state index is 11.8. The Balaban J connectivity index is 1.89. The average molecular weight is 319 g/mol. The van der Waals surface area contributed by atoms with Gasteiger partial charge in [0, 0.05) is 5.02 Å². The van der Waals surface area contributed by atoms with Crippen molar-refractivity contribution in [3.8, 4) is 11.5 Å². The zero-order valence-corrected chi connectivity index (χ0v) is 13.7. The lowest BCUT2D eigenvalue weighted by Crippen LogP contribution is -2.18. The highest BCUT2D eigenvalue weighted by atomic mass is 35.5. The lowest BCUT2D eigenvalue weighted by atomic mass is 9.87. The molecule has 0 N–H and O–H groups in total. The summed E-state index contributed by atoms with van der Waals surface area (Å²) in [4.78, 5) is 11.8. The number of esters is 1. The molecule has 4 heteroatoms. The van der Waals surface area contributed by atoms with Crippen molar-refractivity contribution in [1.82, 2.24) is 0 Å². The summed E-state index contributed by atoms with van der Waals surface area (Å²) in [5.74, 6) is 0.587. The number of benzene rings is 2. The molecule has 2 rings (SSSR count). The van der Waals surface area contributed by atoms with E-state index in [4.69, 9.17) is 21.1 Å². The smallest absolute Gasteiger partial charge is 0.349 e. The molecule has 0 spiro atoms. The van der Waals surface area contributed by atoms with Crippen LogP contribution in [-0.4, -0.2) is 12.6 Å². The van der Waals surface area contributed by atoms with Gasteiger partial charge in [-0.2, -0.15) is 0 Å². The minimum atomic E-state index is -0.455. The number of hydrogen-bond donors (Lipinski definition) is 0. The highest BCUT2D eigenvalue weighted by Gasteiger charge is 2.13. The van der Waals surface area contributed by atoms with Crippen LogP contribution >= 0.6 is 11.6 Å². The van der Waals surface area contributed by atoms with E-state index in [0.29, 0.717) is 16.5 Å². The summed E-state index contributed by atoms with van der Waals surface area (Å²) < 4.78 is 10.6. The number of hydrogen-bond acceptors (Lipinski definition) is 3. The number of halogens is 1. The maximum Gasteiger partial charge on any atom is 0.349 e. The van der Waals surface area contributed by atoms with Crippen LogP contribution in [0.5, 0.6) is 11.5 Å². The standard InChI is InChI=1S/C18H19ClO3/c1-18(2,3)13-7-9-15(10-8-13)22-17(20)12-21-16-6-4-5-14(19)11-16/h4-11H,12H2,1-3H3. The molecule has 0 aliphatic carbocycles. The van der Waals surface area contributed by atoms with Gasteiger partial charge in [-0.3, -0.25) is 0 Å². The predicted octanol–water partition coefficient (Wildman–Crippen LogP) is 4.62. The normalized spacial score (nSPS) is 11.1. The Morgan fingerprint density at radius 2 is 1.73 bits per heavy atom. The minimum absolute atomic E-state index is 0.0677. The molecule has 0 radical (unpaired) electrons. The van der Waals surface area contributed by atoms with Crippen LogP contribution < -0.4 is 9.47 Å². The second-order valence-corrected chi connectivity index (χ2v) is 6.43. The molecule has 0 bridgehead atoms. The molecule has 0 amide bonds. The van der Waals surface area contributed by atoms with Gasteiger partial charge in [0.15, 0.2) is 6.61 Å². The molecule has 0 atom stereocenters. The Hall–Kier alpha value is -2.00. The van der Waals surface area contributed by atoms with Gasteiger partial charge in [0.05, 0.1) is 0 Å². The van der Waals surface area contributed by atoms with Crippen molar-refractivity contribution in [2.45, 2.75) is 26.2 Å². The lowest BCUT2D eigenvalue weighted by Gasteiger charge is -2.19. The van der Waals surface area contributed by atoms with Crippen LogP contribution in [0.25, 0.3) is 0 Å². The van der Waals surface area contributed by atoms with E-state index in [2.05, 4.69) is 20.8 Å². The Bertz CT molecular complexity index is 642. The van der Waals surface area contributed by atoms with Crippen molar-refractivity contribution in [3.63, 3.8) is 0 Å². The molecule has 0 saturated carbocycles. The van der Waals surface area contributed by atoms with Crippen molar-refractivity contribution in [2.75, 3.05) is 6.61 Å².